The van der Waals surface area contributed by atoms with Gasteiger partial charge >= 0.3 is 0 Å². The normalized spacial score (nSPS) is 11.8. The Morgan fingerprint density at radius 1 is 0.970 bits per heavy atom. The summed E-state index contributed by atoms with van der Waals surface area (Å²) in [6, 6.07) is 20.1. The Bertz CT molecular complexity index is 1680. The van der Waals surface area contributed by atoms with Crippen molar-refractivity contribution >= 4 is 32.3 Å². The van der Waals surface area contributed by atoms with Crippen LogP contribution in [0.5, 0.6) is 0 Å². The molecule has 0 radical (unpaired) electrons. The van der Waals surface area contributed by atoms with E-state index in [1.165, 1.54) is 27.2 Å². The van der Waals surface area contributed by atoms with Crippen LogP contribution in [0.4, 0.5) is 10.2 Å². The quantitative estimate of drug-likeness (QED) is 0.252. The minimum absolute atomic E-state index is 0.0668. The van der Waals surface area contributed by atoms with Crippen molar-refractivity contribution in [3.8, 4) is 0 Å². The van der Waals surface area contributed by atoms with Crippen LogP contribution in [-0.2, 0) is 16.4 Å². The first-order valence-electron chi connectivity index (χ1n) is 10.0. The lowest BCUT2D eigenvalue weighted by atomic mass is 10.2. The largest absolute Gasteiger partial charge is 0.317 e. The molecule has 0 aliphatic heterocycles. The minimum atomic E-state index is -4.15. The van der Waals surface area contributed by atoms with Crippen molar-refractivity contribution in [1.82, 2.24) is 9.38 Å². The lowest BCUT2D eigenvalue weighted by Crippen LogP contribution is -2.42. The number of aromatic nitrogens is 3. The van der Waals surface area contributed by atoms with Gasteiger partial charge in [-0.05, 0) is 48.0 Å². The Morgan fingerprint density at radius 3 is 2.39 bits per heavy atom. The molecule has 0 saturated heterocycles. The van der Waals surface area contributed by atoms with Crippen LogP contribution in [0.25, 0.3) is 16.7 Å². The second-order valence-corrected chi connectivity index (χ2v) is 9.42. The highest BCUT2D eigenvalue weighted by molar-refractivity contribution is 7.91. The van der Waals surface area contributed by atoms with E-state index >= 15 is 0 Å². The fourth-order valence-corrected chi connectivity index (χ4v) is 5.16. The highest BCUT2D eigenvalue weighted by Gasteiger charge is 2.29. The highest BCUT2D eigenvalue weighted by atomic mass is 32.2. The molecular formula is C24H18FN4O3S+. The zero-order valence-electron chi connectivity index (χ0n) is 17.2. The molecule has 33 heavy (non-hydrogen) atoms. The molecular weight excluding hydrogens is 443 g/mol. The molecule has 3 aromatic heterocycles. The molecule has 0 aliphatic carbocycles. The van der Waals surface area contributed by atoms with Gasteiger partial charge in [-0.1, -0.05) is 41.4 Å². The molecule has 0 unspecified atom stereocenters. The van der Waals surface area contributed by atoms with Crippen LogP contribution in [0.15, 0.2) is 99.6 Å². The van der Waals surface area contributed by atoms with Gasteiger partial charge in [0.15, 0.2) is 0 Å². The summed E-state index contributed by atoms with van der Waals surface area (Å²) < 4.78 is 43.2. The summed E-state index contributed by atoms with van der Waals surface area (Å²) in [5.41, 5.74) is 7.51. The number of pyridine rings is 2. The maximum Gasteiger partial charge on any atom is 0.278 e. The monoisotopic (exact) mass is 461 g/mol. The number of hydrogen-bond donors (Lipinski definition) is 1. The van der Waals surface area contributed by atoms with Crippen LogP contribution in [0.2, 0.25) is 0 Å². The van der Waals surface area contributed by atoms with E-state index in [-0.39, 0.29) is 33.2 Å². The van der Waals surface area contributed by atoms with Gasteiger partial charge in [0, 0.05) is 6.20 Å². The van der Waals surface area contributed by atoms with Crippen molar-refractivity contribution in [2.45, 2.75) is 16.3 Å². The summed E-state index contributed by atoms with van der Waals surface area (Å²) in [6.45, 7) is 0.200. The number of benzene rings is 2. The Morgan fingerprint density at radius 2 is 1.67 bits per heavy atom. The van der Waals surface area contributed by atoms with Gasteiger partial charge in [-0.2, -0.15) is 0 Å². The Kier molecular flexibility index (Phi) is 4.90. The molecule has 0 fully saturated rings. The third kappa shape index (κ3) is 3.52. The molecule has 0 saturated carbocycles. The van der Waals surface area contributed by atoms with Crippen LogP contribution in [-0.4, -0.2) is 17.8 Å². The van der Waals surface area contributed by atoms with E-state index in [1.54, 1.807) is 24.4 Å². The first-order valence-corrected chi connectivity index (χ1v) is 11.5. The standard InChI is InChI=1S/C24H17FN4O3S/c25-17-9-11-18(12-10-17)33(31,32)20-14-19-23(27-21-8-4-5-13-28(21)24(19)30)29(22(20)26)15-16-6-2-1-3-7-16/h1-14,26H,15H2/p+1. The van der Waals surface area contributed by atoms with Crippen molar-refractivity contribution in [1.29, 1.82) is 0 Å². The van der Waals surface area contributed by atoms with Gasteiger partial charge in [0.1, 0.15) is 16.1 Å². The first kappa shape index (κ1) is 20.8. The summed E-state index contributed by atoms with van der Waals surface area (Å²) in [6.07, 6.45) is 1.57. The summed E-state index contributed by atoms with van der Waals surface area (Å²) >= 11 is 0. The van der Waals surface area contributed by atoms with Crippen molar-refractivity contribution in [3.05, 3.63) is 107 Å². The van der Waals surface area contributed by atoms with Crippen LogP contribution >= 0.6 is 0 Å². The number of sulfone groups is 1. The van der Waals surface area contributed by atoms with Crippen LogP contribution in [0, 0.1) is 5.82 Å². The lowest BCUT2D eigenvalue weighted by Gasteiger charge is -2.13. The third-order valence-electron chi connectivity index (χ3n) is 5.42. The molecule has 0 aliphatic rings. The molecule has 2 N–H and O–H groups in total. The zero-order valence-corrected chi connectivity index (χ0v) is 18.0. The van der Waals surface area contributed by atoms with Gasteiger partial charge in [0.25, 0.3) is 11.2 Å². The number of rotatable bonds is 4. The molecule has 7 nitrogen and oxygen atoms in total. The molecule has 5 rings (SSSR count). The summed E-state index contributed by atoms with van der Waals surface area (Å²) in [7, 11) is -4.15. The number of halogens is 1. The molecule has 5 aromatic rings. The Labute approximate surface area is 188 Å². The van der Waals surface area contributed by atoms with Crippen LogP contribution in [0.3, 0.4) is 0 Å². The number of hydrogen-bond acceptors (Lipinski definition) is 5. The highest BCUT2D eigenvalue weighted by Crippen LogP contribution is 2.26. The first-order chi connectivity index (χ1) is 15.9. The number of nitrogens with zero attached hydrogens (tertiary/aromatic N) is 3. The number of anilines is 1. The van der Waals surface area contributed by atoms with E-state index in [0.717, 1.165) is 17.7 Å². The van der Waals surface area contributed by atoms with Crippen molar-refractivity contribution in [2.24, 2.45) is 0 Å². The second-order valence-electron chi connectivity index (χ2n) is 7.51. The summed E-state index contributed by atoms with van der Waals surface area (Å²) in [5.74, 6) is -0.628. The number of nitrogen functional groups attached to an aromatic ring is 1. The number of fused-ring (bicyclic) bond motifs is 2. The fraction of sp³-hybridized carbons (Fsp3) is 0.0417. The SMILES string of the molecule is Nc1c(S(=O)(=O)c2ccc(F)cc2)cc2c(=O)n3ccccc3nc2[n+]1Cc1ccccc1. The second kappa shape index (κ2) is 7.79. The van der Waals surface area contributed by atoms with Gasteiger partial charge in [0.05, 0.1) is 11.4 Å². The Balaban J connectivity index is 1.86. The minimum Gasteiger partial charge on any atom is -0.317 e. The predicted octanol–water partition coefficient (Wildman–Crippen LogP) is 2.74. The van der Waals surface area contributed by atoms with Gasteiger partial charge < -0.3 is 5.73 Å². The third-order valence-corrected chi connectivity index (χ3v) is 7.22. The number of nitrogens with two attached hydrogens (primary N) is 1. The molecule has 0 bridgehead atoms. The topological polar surface area (TPSA) is 98.4 Å². The van der Waals surface area contributed by atoms with Gasteiger partial charge in [0.2, 0.25) is 21.3 Å². The van der Waals surface area contributed by atoms with E-state index in [0.29, 0.717) is 5.65 Å². The fourth-order valence-electron chi connectivity index (χ4n) is 3.76. The molecule has 0 amide bonds. The summed E-state index contributed by atoms with van der Waals surface area (Å²) in [5, 5.41) is 0.101. The maximum atomic E-state index is 13.4. The molecule has 0 spiro atoms. The molecule has 9 heteroatoms. The molecule has 164 valence electrons. The smallest absolute Gasteiger partial charge is 0.278 e. The van der Waals surface area contributed by atoms with Gasteiger partial charge in [-0.15, -0.1) is 0 Å². The lowest BCUT2D eigenvalue weighted by molar-refractivity contribution is -0.651. The van der Waals surface area contributed by atoms with E-state index in [1.807, 2.05) is 30.3 Å². The molecule has 3 heterocycles. The van der Waals surface area contributed by atoms with E-state index in [2.05, 4.69) is 4.98 Å². The van der Waals surface area contributed by atoms with E-state index in [9.17, 15) is 17.6 Å². The van der Waals surface area contributed by atoms with E-state index < -0.39 is 21.2 Å². The van der Waals surface area contributed by atoms with Crippen LogP contribution in [0.1, 0.15) is 5.56 Å². The van der Waals surface area contributed by atoms with Gasteiger partial charge in [-0.25, -0.2) is 17.4 Å². The van der Waals surface area contributed by atoms with Crippen molar-refractivity contribution in [3.63, 3.8) is 0 Å². The van der Waals surface area contributed by atoms with Gasteiger partial charge in [-0.3, -0.25) is 9.20 Å². The molecule has 0 atom stereocenters. The van der Waals surface area contributed by atoms with Crippen LogP contribution < -0.4 is 15.9 Å². The van der Waals surface area contributed by atoms with E-state index in [4.69, 9.17) is 5.73 Å². The summed E-state index contributed by atoms with van der Waals surface area (Å²) in [4.78, 5) is 17.5. The average molecular weight is 461 g/mol. The van der Waals surface area contributed by atoms with Crippen molar-refractivity contribution in [2.75, 3.05) is 5.73 Å². The average Bonchev–Trinajstić information content (AvgIpc) is 2.82. The van der Waals surface area contributed by atoms with Crippen molar-refractivity contribution < 1.29 is 17.4 Å². The predicted molar refractivity (Wildman–Crippen MR) is 121 cm³/mol. The Hall–Kier alpha value is -4.11. The zero-order chi connectivity index (χ0) is 23.2. The maximum absolute atomic E-state index is 13.4. The molecule has 2 aromatic carbocycles.